The van der Waals surface area contributed by atoms with Gasteiger partial charge in [0, 0.05) is 32.7 Å². The highest BCUT2D eigenvalue weighted by Gasteiger charge is 2.24. The number of rotatable bonds is 5. The fraction of sp³-hybridized carbons (Fsp3) is 0.636. The molecule has 0 radical (unpaired) electrons. The second-order valence-electron chi connectivity index (χ2n) is 4.61. The van der Waals surface area contributed by atoms with E-state index in [1.54, 1.807) is 0 Å². The maximum absolute atomic E-state index is 11.2. The fourth-order valence-electron chi connectivity index (χ4n) is 2.00. The molecule has 1 fully saturated rings. The average Bonchev–Trinajstić information content (AvgIpc) is 2.41. The molecule has 1 aliphatic rings. The molecule has 0 amide bonds. The first-order valence-corrected chi connectivity index (χ1v) is 6.55. The third kappa shape index (κ3) is 3.31. The van der Waals surface area contributed by atoms with Gasteiger partial charge in [-0.1, -0.05) is 0 Å². The number of nitrogens with one attached hydrogen (secondary N) is 2. The number of likely N-dealkylation sites (N-methyl/N-ethyl adjacent to an activating group) is 1. The van der Waals surface area contributed by atoms with Crippen LogP contribution in [0.25, 0.3) is 0 Å². The molecule has 20 heavy (non-hydrogen) atoms. The van der Waals surface area contributed by atoms with Crippen molar-refractivity contribution in [2.45, 2.75) is 6.92 Å². The minimum atomic E-state index is -0.462. The number of hydrogen-bond donors (Lipinski definition) is 2. The summed E-state index contributed by atoms with van der Waals surface area (Å²) in [5, 5.41) is 16.0. The molecular weight excluding hydrogens is 262 g/mol. The molecule has 9 nitrogen and oxygen atoms in total. The highest BCUT2D eigenvalue weighted by atomic mass is 16.6. The Hall–Kier alpha value is -2.00. The van der Waals surface area contributed by atoms with Crippen LogP contribution >= 0.6 is 0 Å². The van der Waals surface area contributed by atoms with Gasteiger partial charge in [-0.3, -0.25) is 15.5 Å². The number of anilines is 2. The molecule has 0 bridgehead atoms. The number of piperazine rings is 1. The van der Waals surface area contributed by atoms with Gasteiger partial charge in [0.25, 0.3) is 0 Å². The Kier molecular flexibility index (Phi) is 4.64. The summed E-state index contributed by atoms with van der Waals surface area (Å²) in [7, 11) is 2.05. The Balaban J connectivity index is 2.18. The summed E-state index contributed by atoms with van der Waals surface area (Å²) in [5.74, 6) is 0.467. The van der Waals surface area contributed by atoms with E-state index in [0.29, 0.717) is 6.54 Å². The topological polar surface area (TPSA) is 99.5 Å². The minimum Gasteiger partial charge on any atom is -0.364 e. The van der Waals surface area contributed by atoms with Crippen molar-refractivity contribution < 1.29 is 4.92 Å². The first kappa shape index (κ1) is 14.4. The Labute approximate surface area is 117 Å². The molecule has 0 aromatic carbocycles. The monoisotopic (exact) mass is 281 g/mol. The lowest BCUT2D eigenvalue weighted by Gasteiger charge is -2.32. The number of aromatic nitrogens is 2. The van der Waals surface area contributed by atoms with Gasteiger partial charge >= 0.3 is 5.69 Å². The van der Waals surface area contributed by atoms with Gasteiger partial charge in [0.15, 0.2) is 0 Å². The van der Waals surface area contributed by atoms with Crippen molar-refractivity contribution in [2.75, 3.05) is 50.5 Å². The zero-order chi connectivity index (χ0) is 14.5. The maximum atomic E-state index is 11.2. The SMILES string of the molecule is CCNc1ncnc(NN2CCN(C)CC2)c1[N+](=O)[O-]. The summed E-state index contributed by atoms with van der Waals surface area (Å²) >= 11 is 0. The van der Waals surface area contributed by atoms with Crippen LogP contribution in [0.5, 0.6) is 0 Å². The van der Waals surface area contributed by atoms with Crippen LogP contribution in [0.1, 0.15) is 6.92 Å². The van der Waals surface area contributed by atoms with E-state index in [4.69, 9.17) is 0 Å². The predicted octanol–water partition coefficient (Wildman–Crippen LogP) is 0.391. The molecule has 0 unspecified atom stereocenters. The third-order valence-corrected chi connectivity index (χ3v) is 3.12. The molecule has 0 atom stereocenters. The van der Waals surface area contributed by atoms with Gasteiger partial charge in [0.1, 0.15) is 6.33 Å². The molecule has 2 heterocycles. The normalized spacial score (nSPS) is 16.9. The van der Waals surface area contributed by atoms with E-state index >= 15 is 0 Å². The van der Waals surface area contributed by atoms with E-state index in [1.807, 2.05) is 19.0 Å². The molecular formula is C11H19N7O2. The molecule has 1 aromatic heterocycles. The highest BCUT2D eigenvalue weighted by molar-refractivity contribution is 5.68. The summed E-state index contributed by atoms with van der Waals surface area (Å²) < 4.78 is 0. The second kappa shape index (κ2) is 6.44. The van der Waals surface area contributed by atoms with Gasteiger partial charge in [-0.25, -0.2) is 15.0 Å². The van der Waals surface area contributed by atoms with E-state index in [2.05, 4.69) is 25.6 Å². The van der Waals surface area contributed by atoms with Crippen LogP contribution in [0.4, 0.5) is 17.3 Å². The van der Waals surface area contributed by atoms with E-state index in [0.717, 1.165) is 26.2 Å². The van der Waals surface area contributed by atoms with Crippen LogP contribution in [0.15, 0.2) is 6.33 Å². The molecule has 0 saturated carbocycles. The molecule has 1 aliphatic heterocycles. The predicted molar refractivity (Wildman–Crippen MR) is 75.5 cm³/mol. The van der Waals surface area contributed by atoms with Crippen molar-refractivity contribution in [2.24, 2.45) is 0 Å². The fourth-order valence-corrected chi connectivity index (χ4v) is 2.00. The van der Waals surface area contributed by atoms with Crippen LogP contribution in [0.3, 0.4) is 0 Å². The molecule has 0 aliphatic carbocycles. The lowest BCUT2D eigenvalue weighted by atomic mass is 10.4. The molecule has 1 aromatic rings. The second-order valence-corrected chi connectivity index (χ2v) is 4.61. The highest BCUT2D eigenvalue weighted by Crippen LogP contribution is 2.29. The Morgan fingerprint density at radius 3 is 2.55 bits per heavy atom. The minimum absolute atomic E-state index is 0.117. The average molecular weight is 281 g/mol. The number of nitrogens with zero attached hydrogens (tertiary/aromatic N) is 5. The van der Waals surface area contributed by atoms with Gasteiger partial charge in [-0.05, 0) is 14.0 Å². The van der Waals surface area contributed by atoms with Gasteiger partial charge in [0.2, 0.25) is 11.6 Å². The standard InChI is InChI=1S/C11H19N7O2/c1-3-12-10-9(18(19)20)11(14-8-13-10)15-17-6-4-16(2)5-7-17/h8H,3-7H2,1-2H3,(H2,12,13,14,15). The number of hydrogen-bond acceptors (Lipinski definition) is 8. The summed E-state index contributed by atoms with van der Waals surface area (Å²) in [4.78, 5) is 20.9. The van der Waals surface area contributed by atoms with Crippen LogP contribution < -0.4 is 10.7 Å². The van der Waals surface area contributed by atoms with Gasteiger partial charge in [-0.15, -0.1) is 0 Å². The van der Waals surface area contributed by atoms with Crippen LogP contribution in [0, 0.1) is 10.1 Å². The zero-order valence-corrected chi connectivity index (χ0v) is 11.7. The van der Waals surface area contributed by atoms with Crippen molar-refractivity contribution >= 4 is 17.3 Å². The van der Waals surface area contributed by atoms with Crippen molar-refractivity contribution in [3.8, 4) is 0 Å². The molecule has 0 spiro atoms. The lowest BCUT2D eigenvalue weighted by molar-refractivity contribution is -0.383. The summed E-state index contributed by atoms with van der Waals surface area (Å²) in [6.45, 7) is 5.81. The van der Waals surface area contributed by atoms with Gasteiger partial charge in [-0.2, -0.15) is 0 Å². The quantitative estimate of drug-likeness (QED) is 0.590. The van der Waals surface area contributed by atoms with E-state index in [1.165, 1.54) is 6.33 Å². The van der Waals surface area contributed by atoms with Gasteiger partial charge < -0.3 is 10.2 Å². The molecule has 9 heteroatoms. The van der Waals surface area contributed by atoms with Crippen molar-refractivity contribution in [3.05, 3.63) is 16.4 Å². The smallest absolute Gasteiger partial charge is 0.354 e. The Bertz CT molecular complexity index is 474. The van der Waals surface area contributed by atoms with Crippen LogP contribution in [-0.4, -0.2) is 64.6 Å². The number of nitro groups is 1. The summed E-state index contributed by atoms with van der Waals surface area (Å²) in [5.41, 5.74) is 2.91. The summed E-state index contributed by atoms with van der Waals surface area (Å²) in [6, 6.07) is 0. The van der Waals surface area contributed by atoms with Crippen molar-refractivity contribution in [1.82, 2.24) is 19.9 Å². The lowest BCUT2D eigenvalue weighted by Crippen LogP contribution is -2.47. The van der Waals surface area contributed by atoms with Crippen LogP contribution in [-0.2, 0) is 0 Å². The van der Waals surface area contributed by atoms with Crippen molar-refractivity contribution in [3.63, 3.8) is 0 Å². The van der Waals surface area contributed by atoms with E-state index in [-0.39, 0.29) is 17.3 Å². The first-order valence-electron chi connectivity index (χ1n) is 6.55. The van der Waals surface area contributed by atoms with E-state index in [9.17, 15) is 10.1 Å². The zero-order valence-electron chi connectivity index (χ0n) is 11.7. The Morgan fingerprint density at radius 2 is 1.95 bits per heavy atom. The van der Waals surface area contributed by atoms with Crippen LogP contribution in [0.2, 0.25) is 0 Å². The number of hydrazine groups is 1. The van der Waals surface area contributed by atoms with E-state index < -0.39 is 4.92 Å². The Morgan fingerprint density at radius 1 is 1.30 bits per heavy atom. The van der Waals surface area contributed by atoms with Crippen molar-refractivity contribution in [1.29, 1.82) is 0 Å². The molecule has 1 saturated heterocycles. The third-order valence-electron chi connectivity index (χ3n) is 3.12. The van der Waals surface area contributed by atoms with Gasteiger partial charge in [0.05, 0.1) is 4.92 Å². The largest absolute Gasteiger partial charge is 0.364 e. The summed E-state index contributed by atoms with van der Waals surface area (Å²) in [6.07, 6.45) is 1.32. The molecule has 2 N–H and O–H groups in total. The molecule has 110 valence electrons. The first-order chi connectivity index (χ1) is 9.61. The maximum Gasteiger partial charge on any atom is 0.354 e. The molecule has 2 rings (SSSR count).